The number of nitrogens with zero attached hydrogens (tertiary/aromatic N) is 3. The third-order valence-corrected chi connectivity index (χ3v) is 3.55. The van der Waals surface area contributed by atoms with E-state index in [1.54, 1.807) is 0 Å². The van der Waals surface area contributed by atoms with Gasteiger partial charge in [-0.3, -0.25) is 0 Å². The lowest BCUT2D eigenvalue weighted by Gasteiger charge is -2.25. The van der Waals surface area contributed by atoms with Crippen molar-refractivity contribution >= 4 is 5.82 Å². The average Bonchev–Trinajstić information content (AvgIpc) is 2.77. The van der Waals surface area contributed by atoms with Crippen LogP contribution in [0.5, 0.6) is 0 Å². The molecule has 0 aliphatic carbocycles. The molecule has 1 unspecified atom stereocenters. The van der Waals surface area contributed by atoms with E-state index in [0.29, 0.717) is 6.04 Å². The Labute approximate surface area is 109 Å². The molecule has 2 rings (SSSR count). The quantitative estimate of drug-likeness (QED) is 0.891. The van der Waals surface area contributed by atoms with Gasteiger partial charge in [0.15, 0.2) is 5.82 Å². The van der Waals surface area contributed by atoms with Crippen LogP contribution in [0.15, 0.2) is 12.1 Å². The Bertz CT molecular complexity index is 383. The number of aliphatic hydroxyl groups excluding tert-OH is 1. The molecule has 1 aromatic rings. The second kappa shape index (κ2) is 5.22. The van der Waals surface area contributed by atoms with Crippen LogP contribution < -0.4 is 4.90 Å². The van der Waals surface area contributed by atoms with E-state index in [4.69, 9.17) is 5.11 Å². The van der Waals surface area contributed by atoms with Crippen molar-refractivity contribution in [2.24, 2.45) is 0 Å². The van der Waals surface area contributed by atoms with Crippen LogP contribution in [0, 0.1) is 0 Å². The standard InChI is InChI=1S/C14H23N3O/c1-14(2,3)12-6-7-13(16-15-12)17-9-4-5-11(17)8-10-18/h6-7,11,18H,4-5,8-10H2,1-3H3. The average molecular weight is 249 g/mol. The minimum absolute atomic E-state index is 0.0427. The molecule has 100 valence electrons. The van der Waals surface area contributed by atoms with Crippen molar-refractivity contribution in [2.45, 2.75) is 51.5 Å². The maximum atomic E-state index is 9.08. The van der Waals surface area contributed by atoms with Crippen LogP contribution in [0.25, 0.3) is 0 Å². The minimum Gasteiger partial charge on any atom is -0.396 e. The first-order valence-corrected chi connectivity index (χ1v) is 6.74. The Kier molecular flexibility index (Phi) is 3.85. The predicted octanol–water partition coefficient (Wildman–Crippen LogP) is 2.13. The lowest BCUT2D eigenvalue weighted by atomic mass is 9.92. The van der Waals surface area contributed by atoms with E-state index < -0.39 is 0 Å². The number of hydrogen-bond acceptors (Lipinski definition) is 4. The zero-order valence-electron chi connectivity index (χ0n) is 11.6. The van der Waals surface area contributed by atoms with Crippen molar-refractivity contribution in [3.63, 3.8) is 0 Å². The van der Waals surface area contributed by atoms with Crippen LogP contribution >= 0.6 is 0 Å². The molecule has 4 heteroatoms. The Morgan fingerprint density at radius 1 is 1.33 bits per heavy atom. The fourth-order valence-corrected chi connectivity index (χ4v) is 2.46. The van der Waals surface area contributed by atoms with Gasteiger partial charge in [-0.25, -0.2) is 0 Å². The molecular weight excluding hydrogens is 226 g/mol. The molecule has 0 amide bonds. The molecule has 0 saturated carbocycles. The first-order valence-electron chi connectivity index (χ1n) is 6.74. The topological polar surface area (TPSA) is 49.2 Å². The first kappa shape index (κ1) is 13.3. The summed E-state index contributed by atoms with van der Waals surface area (Å²) in [5, 5.41) is 17.8. The van der Waals surface area contributed by atoms with Gasteiger partial charge in [-0.1, -0.05) is 20.8 Å². The molecule has 1 fully saturated rings. The molecular formula is C14H23N3O. The van der Waals surface area contributed by atoms with Crippen molar-refractivity contribution in [3.05, 3.63) is 17.8 Å². The molecule has 4 nitrogen and oxygen atoms in total. The molecule has 0 spiro atoms. The van der Waals surface area contributed by atoms with Crippen molar-refractivity contribution in [2.75, 3.05) is 18.1 Å². The van der Waals surface area contributed by atoms with Gasteiger partial charge in [0.2, 0.25) is 0 Å². The summed E-state index contributed by atoms with van der Waals surface area (Å²) < 4.78 is 0. The summed E-state index contributed by atoms with van der Waals surface area (Å²) in [5.41, 5.74) is 1.06. The maximum absolute atomic E-state index is 9.08. The van der Waals surface area contributed by atoms with Gasteiger partial charge in [-0.05, 0) is 31.4 Å². The zero-order chi connectivity index (χ0) is 13.2. The second-order valence-corrected chi connectivity index (χ2v) is 6.03. The normalized spacial score (nSPS) is 20.4. The van der Waals surface area contributed by atoms with Gasteiger partial charge in [-0.15, -0.1) is 5.10 Å². The molecule has 18 heavy (non-hydrogen) atoms. The molecule has 0 radical (unpaired) electrons. The van der Waals surface area contributed by atoms with Crippen LogP contribution in [0.4, 0.5) is 5.82 Å². The third kappa shape index (κ3) is 2.80. The maximum Gasteiger partial charge on any atom is 0.151 e. The highest BCUT2D eigenvalue weighted by Gasteiger charge is 2.26. The Hall–Kier alpha value is -1.16. The number of aromatic nitrogens is 2. The summed E-state index contributed by atoms with van der Waals surface area (Å²) in [7, 11) is 0. The highest BCUT2D eigenvalue weighted by molar-refractivity contribution is 5.40. The number of anilines is 1. The van der Waals surface area contributed by atoms with E-state index in [2.05, 4.69) is 48.0 Å². The highest BCUT2D eigenvalue weighted by Crippen LogP contribution is 2.26. The summed E-state index contributed by atoms with van der Waals surface area (Å²) in [4.78, 5) is 2.27. The summed E-state index contributed by atoms with van der Waals surface area (Å²) in [6, 6.07) is 4.55. The lowest BCUT2D eigenvalue weighted by molar-refractivity contribution is 0.275. The minimum atomic E-state index is 0.0427. The molecule has 1 aliphatic rings. The van der Waals surface area contributed by atoms with Crippen LogP contribution in [-0.4, -0.2) is 34.5 Å². The van der Waals surface area contributed by atoms with Crippen molar-refractivity contribution in [3.8, 4) is 0 Å². The van der Waals surface area contributed by atoms with E-state index >= 15 is 0 Å². The fourth-order valence-electron chi connectivity index (χ4n) is 2.46. The number of rotatable bonds is 3. The summed E-state index contributed by atoms with van der Waals surface area (Å²) in [6.07, 6.45) is 3.14. The van der Waals surface area contributed by atoms with Crippen LogP contribution in [0.1, 0.15) is 45.7 Å². The predicted molar refractivity (Wildman–Crippen MR) is 72.8 cm³/mol. The van der Waals surface area contributed by atoms with Gasteiger partial charge < -0.3 is 10.0 Å². The van der Waals surface area contributed by atoms with Gasteiger partial charge in [-0.2, -0.15) is 5.10 Å². The van der Waals surface area contributed by atoms with Gasteiger partial charge in [0.25, 0.3) is 0 Å². The van der Waals surface area contributed by atoms with Gasteiger partial charge in [0.1, 0.15) is 0 Å². The Morgan fingerprint density at radius 3 is 2.67 bits per heavy atom. The largest absolute Gasteiger partial charge is 0.396 e. The van der Waals surface area contributed by atoms with Gasteiger partial charge in [0, 0.05) is 24.6 Å². The molecule has 0 bridgehead atoms. The Morgan fingerprint density at radius 2 is 2.11 bits per heavy atom. The lowest BCUT2D eigenvalue weighted by Crippen LogP contribution is -2.31. The molecule has 1 atom stereocenters. The Balaban J connectivity index is 2.14. The summed E-state index contributed by atoms with van der Waals surface area (Å²) >= 11 is 0. The molecule has 1 aliphatic heterocycles. The van der Waals surface area contributed by atoms with Gasteiger partial charge in [0.05, 0.1) is 5.69 Å². The monoisotopic (exact) mass is 249 g/mol. The van der Waals surface area contributed by atoms with Crippen LogP contribution in [0.2, 0.25) is 0 Å². The number of hydrogen-bond donors (Lipinski definition) is 1. The van der Waals surface area contributed by atoms with E-state index in [-0.39, 0.29) is 12.0 Å². The molecule has 1 N–H and O–H groups in total. The molecule has 0 aromatic carbocycles. The van der Waals surface area contributed by atoms with Gasteiger partial charge >= 0.3 is 0 Å². The van der Waals surface area contributed by atoms with Crippen molar-refractivity contribution in [1.29, 1.82) is 0 Å². The van der Waals surface area contributed by atoms with Crippen molar-refractivity contribution < 1.29 is 5.11 Å². The first-order chi connectivity index (χ1) is 8.52. The SMILES string of the molecule is CC(C)(C)c1ccc(N2CCCC2CCO)nn1. The number of aliphatic hydroxyl groups is 1. The molecule has 1 saturated heterocycles. The van der Waals surface area contributed by atoms with Crippen LogP contribution in [0.3, 0.4) is 0 Å². The smallest absolute Gasteiger partial charge is 0.151 e. The van der Waals surface area contributed by atoms with E-state index in [0.717, 1.165) is 30.9 Å². The fraction of sp³-hybridized carbons (Fsp3) is 0.714. The highest BCUT2D eigenvalue weighted by atomic mass is 16.3. The van der Waals surface area contributed by atoms with E-state index in [1.807, 2.05) is 0 Å². The summed E-state index contributed by atoms with van der Waals surface area (Å²) in [6.45, 7) is 7.69. The van der Waals surface area contributed by atoms with E-state index in [9.17, 15) is 0 Å². The molecule has 1 aromatic heterocycles. The van der Waals surface area contributed by atoms with Crippen LogP contribution in [-0.2, 0) is 5.41 Å². The van der Waals surface area contributed by atoms with E-state index in [1.165, 1.54) is 6.42 Å². The molecule has 2 heterocycles. The van der Waals surface area contributed by atoms with Crippen molar-refractivity contribution in [1.82, 2.24) is 10.2 Å². The zero-order valence-corrected chi connectivity index (χ0v) is 11.6. The second-order valence-electron chi connectivity index (χ2n) is 6.03. The summed E-state index contributed by atoms with van der Waals surface area (Å²) in [5.74, 6) is 0.943. The third-order valence-electron chi connectivity index (χ3n) is 3.55.